The van der Waals surface area contributed by atoms with Crippen molar-refractivity contribution in [2.45, 2.75) is 104 Å². The summed E-state index contributed by atoms with van der Waals surface area (Å²) in [5, 5.41) is 45.0. The third-order valence-corrected chi connectivity index (χ3v) is 11.5. The van der Waals surface area contributed by atoms with Crippen LogP contribution in [0.2, 0.25) is 0 Å². The van der Waals surface area contributed by atoms with Gasteiger partial charge >= 0.3 is 5.97 Å². The average molecular weight is 575 g/mol. The molecule has 0 aromatic carbocycles. The molecule has 4 N–H and O–H groups in total. The van der Waals surface area contributed by atoms with Gasteiger partial charge in [-0.3, -0.25) is 19.2 Å². The van der Waals surface area contributed by atoms with Crippen molar-refractivity contribution in [1.29, 1.82) is 0 Å². The standard InChI is InChI=1S/C32H46O9/c1-17(34)41-27(2,3)12-11-23(37)31(8,40)25-21(36)14-29(6)22-10-9-18-19(13-20(35)26(39)28(18,4)5)32(22,16-33)24(38)15-30(25,29)7/h9,11-12,19-22,25,33,35-36,40H,10,13-16H2,1-8H3/b12-11+/t19-,20+,21-,22+,25?,29+,30-,31+,32+/m1/s1. The Bertz CT molecular complexity index is 1230. The Kier molecular flexibility index (Phi) is 7.47. The van der Waals surface area contributed by atoms with Crippen molar-refractivity contribution < 1.29 is 44.3 Å². The summed E-state index contributed by atoms with van der Waals surface area (Å²) in [7, 11) is 0. The van der Waals surface area contributed by atoms with Crippen LogP contribution in [0.3, 0.4) is 0 Å². The Morgan fingerprint density at radius 2 is 1.71 bits per heavy atom. The van der Waals surface area contributed by atoms with Crippen LogP contribution in [-0.2, 0) is 23.9 Å². The number of carbonyl (C=O) groups is 4. The van der Waals surface area contributed by atoms with Crippen molar-refractivity contribution in [3.63, 3.8) is 0 Å². The lowest BCUT2D eigenvalue weighted by molar-refractivity contribution is -0.192. The van der Waals surface area contributed by atoms with E-state index in [1.807, 2.05) is 19.9 Å². The number of ether oxygens (including phenoxy) is 1. The molecule has 41 heavy (non-hydrogen) atoms. The first-order valence-corrected chi connectivity index (χ1v) is 14.5. The quantitative estimate of drug-likeness (QED) is 0.212. The fraction of sp³-hybridized carbons (Fsp3) is 0.750. The van der Waals surface area contributed by atoms with Crippen molar-refractivity contribution in [3.8, 4) is 0 Å². The van der Waals surface area contributed by atoms with E-state index in [9.17, 15) is 39.6 Å². The second kappa shape index (κ2) is 9.66. The van der Waals surface area contributed by atoms with E-state index in [0.717, 1.165) is 11.6 Å². The van der Waals surface area contributed by atoms with Crippen LogP contribution in [0.25, 0.3) is 0 Å². The molecule has 4 aliphatic rings. The third-order valence-electron chi connectivity index (χ3n) is 11.5. The zero-order valence-corrected chi connectivity index (χ0v) is 25.5. The van der Waals surface area contributed by atoms with Crippen molar-refractivity contribution in [1.82, 2.24) is 0 Å². The van der Waals surface area contributed by atoms with E-state index < -0.39 is 81.2 Å². The molecule has 0 aliphatic heterocycles. The average Bonchev–Trinajstić information content (AvgIpc) is 3.05. The zero-order valence-electron chi connectivity index (χ0n) is 25.5. The molecule has 0 saturated heterocycles. The molecule has 0 aromatic heterocycles. The van der Waals surface area contributed by atoms with Gasteiger partial charge in [0, 0.05) is 24.7 Å². The molecule has 228 valence electrons. The highest BCUT2D eigenvalue weighted by molar-refractivity contribution is 5.98. The molecule has 9 heteroatoms. The number of fused-ring (bicyclic) bond motifs is 5. The summed E-state index contributed by atoms with van der Waals surface area (Å²) in [6, 6.07) is 0. The zero-order chi connectivity index (χ0) is 31.1. The summed E-state index contributed by atoms with van der Waals surface area (Å²) in [6.07, 6.45) is 2.66. The van der Waals surface area contributed by atoms with Crippen LogP contribution in [0.5, 0.6) is 0 Å². The molecule has 0 amide bonds. The topological polar surface area (TPSA) is 158 Å². The maximum absolute atomic E-state index is 14.4. The number of esters is 1. The molecule has 0 bridgehead atoms. The lowest BCUT2D eigenvalue weighted by Crippen LogP contribution is -2.67. The number of aliphatic hydroxyl groups excluding tert-OH is 3. The van der Waals surface area contributed by atoms with Gasteiger partial charge < -0.3 is 25.2 Å². The van der Waals surface area contributed by atoms with E-state index in [-0.39, 0.29) is 30.8 Å². The molecule has 4 rings (SSSR count). The SMILES string of the molecule is CC(=O)OC(C)(C)/C=C/C(=O)[C@](C)(O)C1[C@H](O)C[C@@]2(C)[C@@H]3CC=C4[C@@H](C[C@H](O)C(=O)C4(C)C)[C@]3(CO)C(=O)C[C@]12C. The molecular weight excluding hydrogens is 528 g/mol. The summed E-state index contributed by atoms with van der Waals surface area (Å²) < 4.78 is 5.22. The number of hydrogen-bond donors (Lipinski definition) is 4. The fourth-order valence-electron chi connectivity index (χ4n) is 9.47. The van der Waals surface area contributed by atoms with Gasteiger partial charge in [-0.15, -0.1) is 0 Å². The summed E-state index contributed by atoms with van der Waals surface area (Å²) >= 11 is 0. The lowest BCUT2D eigenvalue weighted by atomic mass is 9.38. The largest absolute Gasteiger partial charge is 0.456 e. The molecule has 9 nitrogen and oxygen atoms in total. The molecule has 4 aliphatic carbocycles. The second-order valence-electron chi connectivity index (χ2n) is 14.7. The molecule has 9 atom stereocenters. The summed E-state index contributed by atoms with van der Waals surface area (Å²) in [5.74, 6) is -3.76. The van der Waals surface area contributed by atoms with E-state index in [2.05, 4.69) is 0 Å². The Labute approximate surface area is 242 Å². The van der Waals surface area contributed by atoms with Crippen LogP contribution >= 0.6 is 0 Å². The van der Waals surface area contributed by atoms with Gasteiger partial charge in [0.25, 0.3) is 0 Å². The predicted molar refractivity (Wildman–Crippen MR) is 149 cm³/mol. The van der Waals surface area contributed by atoms with Crippen LogP contribution in [0.4, 0.5) is 0 Å². The molecule has 0 aromatic rings. The van der Waals surface area contributed by atoms with Crippen molar-refractivity contribution >= 4 is 23.3 Å². The van der Waals surface area contributed by atoms with Gasteiger partial charge in [0.15, 0.2) is 11.6 Å². The number of hydrogen-bond acceptors (Lipinski definition) is 9. The number of allylic oxidation sites excluding steroid dienone is 2. The van der Waals surface area contributed by atoms with Gasteiger partial charge in [-0.2, -0.15) is 0 Å². The maximum atomic E-state index is 14.4. The Hall–Kier alpha value is -2.20. The highest BCUT2D eigenvalue weighted by Crippen LogP contribution is 2.74. The van der Waals surface area contributed by atoms with Gasteiger partial charge in [-0.1, -0.05) is 25.5 Å². The van der Waals surface area contributed by atoms with Gasteiger partial charge in [0.2, 0.25) is 0 Å². The maximum Gasteiger partial charge on any atom is 0.303 e. The first kappa shape index (κ1) is 31.7. The Morgan fingerprint density at radius 1 is 1.10 bits per heavy atom. The third kappa shape index (κ3) is 4.33. The van der Waals surface area contributed by atoms with Gasteiger partial charge in [-0.25, -0.2) is 0 Å². The van der Waals surface area contributed by atoms with Gasteiger partial charge in [0.1, 0.15) is 23.1 Å². The van der Waals surface area contributed by atoms with E-state index >= 15 is 0 Å². The van der Waals surface area contributed by atoms with Crippen LogP contribution in [0.1, 0.15) is 81.1 Å². The Morgan fingerprint density at radius 3 is 2.27 bits per heavy atom. The number of ketones is 3. The van der Waals surface area contributed by atoms with Crippen LogP contribution in [0.15, 0.2) is 23.8 Å². The van der Waals surface area contributed by atoms with E-state index in [0.29, 0.717) is 6.42 Å². The first-order valence-electron chi connectivity index (χ1n) is 14.5. The number of Topliss-reactive ketones (excluding diaryl/α,β-unsaturated/α-hetero) is 2. The van der Waals surface area contributed by atoms with Crippen molar-refractivity contribution in [3.05, 3.63) is 23.8 Å². The van der Waals surface area contributed by atoms with Crippen molar-refractivity contribution in [2.24, 2.45) is 39.4 Å². The Balaban J connectivity index is 1.78. The molecule has 1 unspecified atom stereocenters. The molecule has 0 heterocycles. The van der Waals surface area contributed by atoms with E-state index in [1.54, 1.807) is 27.7 Å². The molecule has 0 radical (unpaired) electrons. The minimum atomic E-state index is -2.06. The molecule has 0 spiro atoms. The number of carbonyl (C=O) groups excluding carboxylic acids is 4. The van der Waals surface area contributed by atoms with E-state index in [1.165, 1.54) is 19.9 Å². The lowest BCUT2D eigenvalue weighted by Gasteiger charge is -2.64. The van der Waals surface area contributed by atoms with Gasteiger partial charge in [-0.05, 0) is 88.7 Å². The minimum Gasteiger partial charge on any atom is -0.456 e. The molecule has 3 saturated carbocycles. The monoisotopic (exact) mass is 574 g/mol. The van der Waals surface area contributed by atoms with E-state index in [4.69, 9.17) is 4.74 Å². The van der Waals surface area contributed by atoms with Crippen LogP contribution in [0, 0.1) is 39.4 Å². The predicted octanol–water partition coefficient (Wildman–Crippen LogP) is 2.47. The number of aliphatic hydroxyl groups is 4. The highest BCUT2D eigenvalue weighted by atomic mass is 16.6. The molecule has 3 fully saturated rings. The fourth-order valence-corrected chi connectivity index (χ4v) is 9.47. The second-order valence-corrected chi connectivity index (χ2v) is 14.7. The summed E-state index contributed by atoms with van der Waals surface area (Å²) in [6.45, 7) is 12.6. The van der Waals surface area contributed by atoms with Crippen LogP contribution < -0.4 is 0 Å². The molecular formula is C32H46O9. The minimum absolute atomic E-state index is 0.0365. The first-order chi connectivity index (χ1) is 18.6. The smallest absolute Gasteiger partial charge is 0.303 e. The summed E-state index contributed by atoms with van der Waals surface area (Å²) in [4.78, 5) is 52.2. The van der Waals surface area contributed by atoms with Crippen LogP contribution in [-0.4, -0.2) is 73.8 Å². The normalized spacial score (nSPS) is 41.7. The van der Waals surface area contributed by atoms with Gasteiger partial charge in [0.05, 0.1) is 18.1 Å². The summed E-state index contributed by atoms with van der Waals surface area (Å²) in [5.41, 5.74) is -6.45. The van der Waals surface area contributed by atoms with Crippen molar-refractivity contribution in [2.75, 3.05) is 6.61 Å². The highest BCUT2D eigenvalue weighted by Gasteiger charge is 2.75. The number of rotatable bonds is 6.